The molecule has 10 nitrogen and oxygen atoms in total. The molecule has 0 radical (unpaired) electrons. The number of nitrogens with one attached hydrogen (secondary N) is 3. The minimum Gasteiger partial charge on any atom is -0.339 e. The molecule has 0 saturated heterocycles. The number of tetrazole rings is 1. The van der Waals surface area contributed by atoms with Gasteiger partial charge in [0.2, 0.25) is 0 Å². The summed E-state index contributed by atoms with van der Waals surface area (Å²) in [5.41, 5.74) is 6.68. The molecule has 0 aliphatic carbocycles. The van der Waals surface area contributed by atoms with Crippen LogP contribution in [-0.4, -0.2) is 44.0 Å². The lowest BCUT2D eigenvalue weighted by molar-refractivity contribution is -0.123. The van der Waals surface area contributed by atoms with E-state index in [1.807, 2.05) is 30.3 Å². The molecule has 0 saturated carbocycles. The Morgan fingerprint density at radius 1 is 0.909 bits per heavy atom. The van der Waals surface area contributed by atoms with Gasteiger partial charge in [0.25, 0.3) is 17.7 Å². The van der Waals surface area contributed by atoms with Gasteiger partial charge in [0.1, 0.15) is 12.4 Å². The Bertz CT molecular complexity index is 1210. The standard InChI is InChI=1S/C22H19N7O3S/c30-20(16-8-10-17(11-9-16)29-14-23-27-28-29)25-26-21(31)18(13-15-5-2-1-3-6-15)24-22(32)19-7-4-12-33-19/h1-12,14,18H,13H2,(H,24,32)(H,25,30)(H,26,31). The van der Waals surface area contributed by atoms with Crippen molar-refractivity contribution in [1.82, 2.24) is 36.4 Å². The van der Waals surface area contributed by atoms with Gasteiger partial charge >= 0.3 is 0 Å². The molecule has 11 heteroatoms. The molecule has 2 heterocycles. The predicted molar refractivity (Wildman–Crippen MR) is 120 cm³/mol. The van der Waals surface area contributed by atoms with Crippen LogP contribution in [-0.2, 0) is 11.2 Å². The van der Waals surface area contributed by atoms with Gasteiger partial charge in [-0.2, -0.15) is 0 Å². The van der Waals surface area contributed by atoms with E-state index in [-0.39, 0.29) is 12.3 Å². The quantitative estimate of drug-likeness (QED) is 0.358. The highest BCUT2D eigenvalue weighted by Gasteiger charge is 2.23. The normalized spacial score (nSPS) is 11.4. The van der Waals surface area contributed by atoms with Crippen LogP contribution in [0, 0.1) is 0 Å². The van der Waals surface area contributed by atoms with Crippen molar-refractivity contribution in [3.05, 3.63) is 94.4 Å². The Labute approximate surface area is 192 Å². The fourth-order valence-corrected chi connectivity index (χ4v) is 3.65. The summed E-state index contributed by atoms with van der Waals surface area (Å²) < 4.78 is 1.45. The highest BCUT2D eigenvalue weighted by atomic mass is 32.1. The second kappa shape index (κ2) is 10.3. The topological polar surface area (TPSA) is 131 Å². The third-order valence-electron chi connectivity index (χ3n) is 4.69. The molecular weight excluding hydrogens is 442 g/mol. The van der Waals surface area contributed by atoms with Crippen LogP contribution >= 0.6 is 11.3 Å². The molecular formula is C22H19N7O3S. The van der Waals surface area contributed by atoms with Gasteiger partial charge in [-0.25, -0.2) is 4.68 Å². The Balaban J connectivity index is 1.40. The smallest absolute Gasteiger partial charge is 0.269 e. The van der Waals surface area contributed by atoms with Crippen molar-refractivity contribution in [3.63, 3.8) is 0 Å². The van der Waals surface area contributed by atoms with E-state index >= 15 is 0 Å². The van der Waals surface area contributed by atoms with Crippen LogP contribution in [0.2, 0.25) is 0 Å². The lowest BCUT2D eigenvalue weighted by Crippen LogP contribution is -2.53. The number of carbonyl (C=O) groups is 3. The summed E-state index contributed by atoms with van der Waals surface area (Å²) in [6, 6.07) is 18.4. The lowest BCUT2D eigenvalue weighted by atomic mass is 10.1. The third kappa shape index (κ3) is 5.66. The largest absolute Gasteiger partial charge is 0.339 e. The summed E-state index contributed by atoms with van der Waals surface area (Å²) in [5, 5.41) is 15.4. The van der Waals surface area contributed by atoms with Crippen LogP contribution in [0.15, 0.2) is 78.4 Å². The Hall–Kier alpha value is -4.38. The van der Waals surface area contributed by atoms with Gasteiger partial charge in [0, 0.05) is 12.0 Å². The van der Waals surface area contributed by atoms with E-state index in [0.29, 0.717) is 16.1 Å². The van der Waals surface area contributed by atoms with Crippen LogP contribution in [0.3, 0.4) is 0 Å². The SMILES string of the molecule is O=C(NNC(=O)C(Cc1ccccc1)NC(=O)c1cccs1)c1ccc(-n2cnnn2)cc1. The van der Waals surface area contributed by atoms with Gasteiger partial charge in [0.05, 0.1) is 10.6 Å². The van der Waals surface area contributed by atoms with Crippen molar-refractivity contribution in [1.29, 1.82) is 0 Å². The molecule has 0 bridgehead atoms. The second-order valence-corrected chi connectivity index (χ2v) is 7.89. The van der Waals surface area contributed by atoms with Crippen molar-refractivity contribution in [2.45, 2.75) is 12.5 Å². The fourth-order valence-electron chi connectivity index (χ4n) is 3.02. The Morgan fingerprint density at radius 2 is 1.70 bits per heavy atom. The summed E-state index contributed by atoms with van der Waals surface area (Å²) in [4.78, 5) is 38.3. The first-order valence-corrected chi connectivity index (χ1v) is 10.8. The molecule has 0 fully saturated rings. The molecule has 2 aromatic carbocycles. The highest BCUT2D eigenvalue weighted by Crippen LogP contribution is 2.10. The van der Waals surface area contributed by atoms with Crippen LogP contribution < -0.4 is 16.2 Å². The van der Waals surface area contributed by atoms with E-state index in [1.54, 1.807) is 41.8 Å². The average molecular weight is 462 g/mol. The number of hydrazine groups is 1. The van der Waals surface area contributed by atoms with Crippen molar-refractivity contribution in [3.8, 4) is 5.69 Å². The molecule has 4 aromatic rings. The van der Waals surface area contributed by atoms with Crippen LogP contribution in [0.5, 0.6) is 0 Å². The summed E-state index contributed by atoms with van der Waals surface area (Å²) in [7, 11) is 0. The Kier molecular flexibility index (Phi) is 6.81. The van der Waals surface area contributed by atoms with Crippen LogP contribution in [0.25, 0.3) is 5.69 Å². The number of nitrogens with zero attached hydrogens (tertiary/aromatic N) is 4. The maximum absolute atomic E-state index is 12.8. The molecule has 4 rings (SSSR count). The monoisotopic (exact) mass is 461 g/mol. The zero-order chi connectivity index (χ0) is 23.0. The number of aromatic nitrogens is 4. The number of benzene rings is 2. The zero-order valence-corrected chi connectivity index (χ0v) is 18.0. The van der Waals surface area contributed by atoms with Gasteiger partial charge in [-0.15, -0.1) is 16.4 Å². The van der Waals surface area contributed by atoms with Gasteiger partial charge in [-0.1, -0.05) is 36.4 Å². The van der Waals surface area contributed by atoms with Gasteiger partial charge in [-0.05, 0) is 51.7 Å². The highest BCUT2D eigenvalue weighted by molar-refractivity contribution is 7.12. The summed E-state index contributed by atoms with van der Waals surface area (Å²) in [5.74, 6) is -1.40. The minimum atomic E-state index is -0.885. The average Bonchev–Trinajstić information content (AvgIpc) is 3.57. The molecule has 3 amide bonds. The first kappa shape index (κ1) is 21.8. The van der Waals surface area contributed by atoms with Gasteiger partial charge in [0.15, 0.2) is 0 Å². The fraction of sp³-hybridized carbons (Fsp3) is 0.0909. The third-order valence-corrected chi connectivity index (χ3v) is 5.56. The molecule has 33 heavy (non-hydrogen) atoms. The lowest BCUT2D eigenvalue weighted by Gasteiger charge is -2.18. The maximum atomic E-state index is 12.8. The number of carbonyl (C=O) groups excluding carboxylic acids is 3. The van der Waals surface area contributed by atoms with Crippen molar-refractivity contribution >= 4 is 29.1 Å². The number of hydrogen-bond donors (Lipinski definition) is 3. The van der Waals surface area contributed by atoms with Crippen LogP contribution in [0.1, 0.15) is 25.6 Å². The molecule has 166 valence electrons. The van der Waals surface area contributed by atoms with Crippen LogP contribution in [0.4, 0.5) is 0 Å². The number of hydrogen-bond acceptors (Lipinski definition) is 7. The molecule has 1 atom stereocenters. The predicted octanol–water partition coefficient (Wildman–Crippen LogP) is 1.53. The summed E-state index contributed by atoms with van der Waals surface area (Å²) in [6.45, 7) is 0. The van der Waals surface area contributed by atoms with Crippen molar-refractivity contribution in [2.75, 3.05) is 0 Å². The number of thiophene rings is 1. The Morgan fingerprint density at radius 3 is 2.36 bits per heavy atom. The molecule has 0 aliphatic heterocycles. The number of amides is 3. The van der Waals surface area contributed by atoms with Crippen molar-refractivity contribution in [2.24, 2.45) is 0 Å². The van der Waals surface area contributed by atoms with E-state index in [9.17, 15) is 14.4 Å². The molecule has 0 spiro atoms. The zero-order valence-electron chi connectivity index (χ0n) is 17.2. The van der Waals surface area contributed by atoms with Gasteiger partial charge < -0.3 is 5.32 Å². The van der Waals surface area contributed by atoms with E-state index in [2.05, 4.69) is 31.7 Å². The van der Waals surface area contributed by atoms with E-state index in [0.717, 1.165) is 5.56 Å². The molecule has 3 N–H and O–H groups in total. The first-order chi connectivity index (χ1) is 16.1. The van der Waals surface area contributed by atoms with E-state index in [4.69, 9.17) is 0 Å². The second-order valence-electron chi connectivity index (χ2n) is 6.94. The maximum Gasteiger partial charge on any atom is 0.269 e. The van der Waals surface area contributed by atoms with Gasteiger partial charge in [-0.3, -0.25) is 25.2 Å². The minimum absolute atomic E-state index is 0.264. The van der Waals surface area contributed by atoms with E-state index in [1.165, 1.54) is 22.3 Å². The van der Waals surface area contributed by atoms with Crippen molar-refractivity contribution < 1.29 is 14.4 Å². The first-order valence-electron chi connectivity index (χ1n) is 9.92. The van der Waals surface area contributed by atoms with E-state index < -0.39 is 17.9 Å². The molecule has 0 aliphatic rings. The molecule has 2 aromatic heterocycles. The summed E-state index contributed by atoms with van der Waals surface area (Å²) in [6.07, 6.45) is 1.70. The molecule has 1 unspecified atom stereocenters. The summed E-state index contributed by atoms with van der Waals surface area (Å²) >= 11 is 1.28. The number of rotatable bonds is 7.